The molecule has 650 valence electrons. The number of nitrogens with two attached hydrogens (primary N) is 5. The van der Waals surface area contributed by atoms with Crippen molar-refractivity contribution in [1.82, 2.24) is 83.1 Å². The fourth-order valence-corrected chi connectivity index (χ4v) is 10.5. The van der Waals surface area contributed by atoms with Crippen molar-refractivity contribution < 1.29 is 105 Å². The second-order valence-corrected chi connectivity index (χ2v) is 38.8. The molecule has 14 N–H and O–H groups in total. The minimum Gasteiger partial charge on any atom is -0.468 e. The molecule has 0 aliphatic carbocycles. The van der Waals surface area contributed by atoms with E-state index in [0.29, 0.717) is 4.68 Å². The van der Waals surface area contributed by atoms with Crippen LogP contribution >= 0.6 is 0 Å². The zero-order chi connectivity index (χ0) is 91.6. The van der Waals surface area contributed by atoms with Gasteiger partial charge in [-0.2, -0.15) is 24.0 Å². The Kier molecular flexibility index (Phi) is 37.0. The van der Waals surface area contributed by atoms with Gasteiger partial charge in [0.25, 0.3) is 23.6 Å². The fourth-order valence-electron chi connectivity index (χ4n) is 8.35. The Labute approximate surface area is 673 Å². The number of aliphatic hydroxyl groups excluding tert-OH is 2. The summed E-state index contributed by atoms with van der Waals surface area (Å²) in [5.74, 6) is -7.09. The average molecular weight is 1700 g/mol. The first-order valence-electron chi connectivity index (χ1n) is 34.5. The number of aliphatic imine (C=N–C) groups is 2. The number of esters is 6. The van der Waals surface area contributed by atoms with E-state index in [9.17, 15) is 77.0 Å². The standard InChI is InChI=1S/2C12H23NO4Si.2C11H14N6O4.C10H12N6O5.C5H11NO3.C4H5N5O/c2*1-11(2,3)18(6,7)17-8-12(4,13-9-14)10(15)16-5;2*1-4-11(2,9(19)21-3)17-10(20)16-5-13-6(7(12)18)8(16)14-15-17;1-10(3-17,8(19)21-2)16-9(20)15-4-12-5(6(11)18)7(15)13-14-16;1-5(6,3-7)4(8)9-2;5-3(10)2-4(9-6)8-1-7-2/h2*8H2,1-7H3;2*5H,4H2,1-3H3,(H2,12,18);4,17H,3H2,1-2H3,(H2,11,18);7H,3,6H2,1-2H3;1,6H,(H2,5,10)(H,7,8)/t2*12-;2*11-;10-;5-;/m000000./s1. The number of primary amides is 4. The van der Waals surface area contributed by atoms with E-state index < -0.39 is 140 Å². The van der Waals surface area contributed by atoms with E-state index in [4.69, 9.17) is 57.6 Å². The lowest BCUT2D eigenvalue weighted by molar-refractivity contribution is -0.154. The van der Waals surface area contributed by atoms with Gasteiger partial charge in [0.15, 0.2) is 84.0 Å². The summed E-state index contributed by atoms with van der Waals surface area (Å²) in [5, 5.41) is 43.0. The van der Waals surface area contributed by atoms with Crippen LogP contribution in [0.4, 0.5) is 5.82 Å². The molecular weight excluding hydrogens is 1600 g/mol. The third-order valence-electron chi connectivity index (χ3n) is 18.6. The van der Waals surface area contributed by atoms with Crippen molar-refractivity contribution in [2.45, 2.75) is 179 Å². The summed E-state index contributed by atoms with van der Waals surface area (Å²) in [6, 6.07) is 0. The molecule has 0 saturated heterocycles. The Morgan fingerprint density at radius 1 is 0.475 bits per heavy atom. The van der Waals surface area contributed by atoms with Crippen molar-refractivity contribution in [3.63, 3.8) is 0 Å². The number of carbonyl (C=O) groups excluding carboxylic acids is 12. The third kappa shape index (κ3) is 24.2. The van der Waals surface area contributed by atoms with Gasteiger partial charge in [0.05, 0.1) is 75.4 Å². The van der Waals surface area contributed by atoms with E-state index >= 15 is 0 Å². The maximum atomic E-state index is 12.4. The molecule has 51 nitrogen and oxygen atoms in total. The van der Waals surface area contributed by atoms with Crippen LogP contribution in [-0.2, 0) is 92.2 Å². The largest absolute Gasteiger partial charge is 0.468 e. The number of nitrogens with one attached hydrogen (secondary N) is 2. The number of carbonyl (C=O) groups is 10. The summed E-state index contributed by atoms with van der Waals surface area (Å²) in [6.45, 7) is 31.9. The predicted octanol–water partition coefficient (Wildman–Crippen LogP) is -1.78. The second kappa shape index (κ2) is 42.3. The van der Waals surface area contributed by atoms with E-state index in [1.54, 1.807) is 13.8 Å². The number of nitrogens with zero attached hydrogens (tertiary/aromatic N) is 19. The molecule has 118 heavy (non-hydrogen) atoms. The highest BCUT2D eigenvalue weighted by atomic mass is 28.4. The number of aromatic nitrogens is 17. The summed E-state index contributed by atoms with van der Waals surface area (Å²) in [4.78, 5) is 195. The summed E-state index contributed by atoms with van der Waals surface area (Å²) in [7, 11) is 3.28. The van der Waals surface area contributed by atoms with Gasteiger partial charge in [0.1, 0.15) is 24.5 Å². The number of imidazole rings is 4. The molecule has 0 bridgehead atoms. The van der Waals surface area contributed by atoms with Crippen molar-refractivity contribution in [1.29, 1.82) is 5.53 Å². The van der Waals surface area contributed by atoms with Crippen molar-refractivity contribution in [3.8, 4) is 0 Å². The smallest absolute Gasteiger partial charge is 0.354 e. The summed E-state index contributed by atoms with van der Waals surface area (Å²) >= 11 is 0. The van der Waals surface area contributed by atoms with Crippen LogP contribution < -0.4 is 45.7 Å². The quantitative estimate of drug-likeness (QED) is 0.00723. The molecular formula is C65H102N26O25Si2. The number of H-pyrrole nitrogens is 1. The topological polar surface area (TPSA) is 734 Å². The number of hydrogen-bond donors (Lipinski definition) is 9. The van der Waals surface area contributed by atoms with Crippen LogP contribution in [0.2, 0.25) is 36.3 Å². The average Bonchev–Trinajstić information content (AvgIpc) is 1.56. The minimum atomic E-state index is -2.00. The number of isocyanates is 2. The number of aromatic amines is 1. The SMILES string of the molecule is CC[C@@](C)(C(=O)OC)n1nnc2c(C(N)=O)ncn2c1=O.CC[C@@](C)(C(=O)OC)n1nnc2c(C(N)=O)ncn2c1=O.COC(=O)[C@@](C)(N)CO.COC(=O)[C@](C)(CO)n1nnc2c(C(N)=O)ncn2c1=O.COC(=O)[C@](C)(CO[Si](C)(C)C(C)(C)C)N=C=O.COC(=O)[C@](C)(CO[Si](C)(C)C(C)(C)C)N=C=O.N=Nc1nc[nH]c1C(N)=O. The Bertz CT molecular complexity index is 4700. The number of ether oxygens (including phenoxy) is 6. The molecule has 7 aromatic rings. The van der Waals surface area contributed by atoms with Crippen LogP contribution in [-0.4, -0.2) is 267 Å². The van der Waals surface area contributed by atoms with Gasteiger partial charge in [-0.05, 0) is 90.6 Å². The summed E-state index contributed by atoms with van der Waals surface area (Å²) in [6.07, 6.45) is 7.84. The van der Waals surface area contributed by atoms with E-state index in [0.717, 1.165) is 48.7 Å². The van der Waals surface area contributed by atoms with Crippen LogP contribution in [0.15, 0.2) is 54.8 Å². The molecule has 0 radical (unpaired) electrons. The van der Waals surface area contributed by atoms with E-state index in [2.05, 4.69) is 158 Å². The molecule has 7 aromatic heterocycles. The monoisotopic (exact) mass is 1700 g/mol. The molecule has 0 aromatic carbocycles. The van der Waals surface area contributed by atoms with E-state index in [1.165, 1.54) is 95.6 Å². The lowest BCUT2D eigenvalue weighted by atomic mass is 10.00. The van der Waals surface area contributed by atoms with Crippen molar-refractivity contribution in [3.05, 3.63) is 79.5 Å². The summed E-state index contributed by atoms with van der Waals surface area (Å²) < 4.78 is 44.7. The molecule has 0 saturated carbocycles. The van der Waals surface area contributed by atoms with Crippen molar-refractivity contribution >= 4 is 111 Å². The highest BCUT2D eigenvalue weighted by Gasteiger charge is 2.46. The second-order valence-electron chi connectivity index (χ2n) is 29.1. The van der Waals surface area contributed by atoms with E-state index in [-0.39, 0.29) is 81.7 Å². The Morgan fingerprint density at radius 2 is 0.763 bits per heavy atom. The van der Waals surface area contributed by atoms with Crippen LogP contribution in [0, 0.1) is 5.53 Å². The first-order chi connectivity index (χ1) is 54.4. The molecule has 7 rings (SSSR count). The van der Waals surface area contributed by atoms with Gasteiger partial charge in [-0.25, -0.2) is 91.4 Å². The zero-order valence-corrected chi connectivity index (χ0v) is 71.7. The number of methoxy groups -OCH3 is 6. The highest BCUT2D eigenvalue weighted by molar-refractivity contribution is 6.74. The first kappa shape index (κ1) is 103. The first-order valence-corrected chi connectivity index (χ1v) is 40.3. The lowest BCUT2D eigenvalue weighted by Crippen LogP contribution is -2.51. The molecule has 0 aliphatic heterocycles. The minimum absolute atomic E-state index is 0.0208. The van der Waals surface area contributed by atoms with Crippen LogP contribution in [0.1, 0.15) is 152 Å². The fraction of sp³-hybridized carbons (Fsp3) is 0.585. The van der Waals surface area contributed by atoms with Gasteiger partial charge in [-0.15, -0.1) is 20.4 Å². The summed E-state index contributed by atoms with van der Waals surface area (Å²) in [5.41, 5.74) is 20.8. The maximum absolute atomic E-state index is 12.4. The Morgan fingerprint density at radius 3 is 0.975 bits per heavy atom. The molecule has 0 unspecified atom stereocenters. The predicted molar refractivity (Wildman–Crippen MR) is 412 cm³/mol. The van der Waals surface area contributed by atoms with Gasteiger partial charge in [0.2, 0.25) is 18.0 Å². The van der Waals surface area contributed by atoms with Gasteiger partial charge >= 0.3 is 52.9 Å². The van der Waals surface area contributed by atoms with Gasteiger partial charge in [-0.3, -0.25) is 19.2 Å². The molecule has 0 spiro atoms. The number of amides is 4. The number of fused-ring (bicyclic) bond motifs is 3. The zero-order valence-electron chi connectivity index (χ0n) is 69.7. The van der Waals surface area contributed by atoms with Crippen molar-refractivity contribution in [2.24, 2.45) is 43.8 Å². The molecule has 53 heteroatoms. The van der Waals surface area contributed by atoms with Crippen LogP contribution in [0.25, 0.3) is 16.9 Å². The number of hydrogen-bond acceptors (Lipinski definition) is 40. The Balaban J connectivity index is 0.000000700. The van der Waals surface area contributed by atoms with Gasteiger partial charge in [-0.1, -0.05) is 71.0 Å². The number of rotatable bonds is 26. The number of aliphatic hydroxyl groups is 2. The van der Waals surface area contributed by atoms with E-state index in [1.807, 2.05) is 0 Å². The maximum Gasteiger partial charge on any atom is 0.354 e. The molecule has 4 amide bonds. The van der Waals surface area contributed by atoms with Crippen molar-refractivity contribution in [2.75, 3.05) is 69.1 Å². The normalized spacial score (nSPS) is 14.2. The van der Waals surface area contributed by atoms with Gasteiger partial charge in [0, 0.05) is 0 Å². The van der Waals surface area contributed by atoms with Gasteiger partial charge < -0.3 is 81.1 Å². The molecule has 6 atom stereocenters. The Hall–Kier alpha value is -12.7. The lowest BCUT2D eigenvalue weighted by Gasteiger charge is -2.37. The third-order valence-corrected chi connectivity index (χ3v) is 27.5. The molecule has 0 fully saturated rings. The molecule has 7 heterocycles. The van der Waals surface area contributed by atoms with Crippen LogP contribution in [0.3, 0.4) is 0 Å². The van der Waals surface area contributed by atoms with Crippen LogP contribution in [0.5, 0.6) is 0 Å². The highest BCUT2D eigenvalue weighted by Crippen LogP contribution is 2.38. The molecule has 0 aliphatic rings.